The molecule has 7 heteroatoms. The van der Waals surface area contributed by atoms with Gasteiger partial charge in [-0.2, -0.15) is 0 Å². The minimum absolute atomic E-state index is 0.228. The number of carbonyl (C=O) groups excluding carboxylic acids is 2. The van der Waals surface area contributed by atoms with Gasteiger partial charge in [0.1, 0.15) is 18.4 Å². The van der Waals surface area contributed by atoms with E-state index in [-0.39, 0.29) is 5.91 Å². The summed E-state index contributed by atoms with van der Waals surface area (Å²) in [5.41, 5.74) is 5.16. The van der Waals surface area contributed by atoms with Crippen LogP contribution in [-0.2, 0) is 29.1 Å². The van der Waals surface area contributed by atoms with Crippen molar-refractivity contribution in [1.82, 2.24) is 9.88 Å². The van der Waals surface area contributed by atoms with Crippen molar-refractivity contribution < 1.29 is 19.1 Å². The van der Waals surface area contributed by atoms with Crippen LogP contribution in [0.5, 0.6) is 5.75 Å². The van der Waals surface area contributed by atoms with Crippen molar-refractivity contribution in [2.75, 3.05) is 7.11 Å². The van der Waals surface area contributed by atoms with Crippen LogP contribution in [0.2, 0.25) is 0 Å². The van der Waals surface area contributed by atoms with Crippen LogP contribution in [0.3, 0.4) is 0 Å². The molecule has 0 spiro atoms. The number of methoxy groups -OCH3 is 1. The van der Waals surface area contributed by atoms with Crippen molar-refractivity contribution in [3.63, 3.8) is 0 Å². The van der Waals surface area contributed by atoms with Crippen LogP contribution < -0.4 is 4.74 Å². The summed E-state index contributed by atoms with van der Waals surface area (Å²) >= 11 is 1.51. The molecule has 0 saturated carbocycles. The van der Waals surface area contributed by atoms with Crippen molar-refractivity contribution in [2.45, 2.75) is 25.6 Å². The Kier molecular flexibility index (Phi) is 5.57. The van der Waals surface area contributed by atoms with Gasteiger partial charge in [-0.05, 0) is 29.3 Å². The Hall–Kier alpha value is -3.19. The number of hydrogen-bond acceptors (Lipinski definition) is 6. The number of esters is 1. The van der Waals surface area contributed by atoms with Gasteiger partial charge in [0, 0.05) is 23.9 Å². The second kappa shape index (κ2) is 8.45. The Balaban J connectivity index is 1.57. The molecule has 0 aliphatic carbocycles. The minimum atomic E-state index is -0.651. The van der Waals surface area contributed by atoms with E-state index in [1.54, 1.807) is 34.7 Å². The van der Waals surface area contributed by atoms with Gasteiger partial charge in [0.15, 0.2) is 0 Å². The number of fused-ring (bicyclic) bond motifs is 1. The second-order valence-corrected chi connectivity index (χ2v) is 7.46. The molecular weight excluding hydrogens is 388 g/mol. The molecular formula is C22H20N2O4S. The molecule has 29 heavy (non-hydrogen) atoms. The second-order valence-electron chi connectivity index (χ2n) is 6.74. The van der Waals surface area contributed by atoms with Crippen molar-refractivity contribution in [3.8, 4) is 5.75 Å². The number of aromatic nitrogens is 1. The van der Waals surface area contributed by atoms with Gasteiger partial charge in [0.25, 0.3) is 5.91 Å². The number of amides is 1. The Morgan fingerprint density at radius 3 is 2.76 bits per heavy atom. The fraction of sp³-hybridized carbons (Fsp3) is 0.227. The standard InChI is InChI=1S/C22H20N2O4S/c1-27-22(26)20-10-15-5-2-3-6-17(15)11-24(20)21(25)16-7-4-8-19(9-16)28-12-18-13-29-14-23-18/h2-9,13-14,20H,10-12H2,1H3. The first kappa shape index (κ1) is 19.1. The van der Waals surface area contributed by atoms with Crippen molar-refractivity contribution in [2.24, 2.45) is 0 Å². The molecule has 0 saturated heterocycles. The maximum Gasteiger partial charge on any atom is 0.328 e. The van der Waals surface area contributed by atoms with Crippen LogP contribution >= 0.6 is 11.3 Å². The van der Waals surface area contributed by atoms with Gasteiger partial charge in [-0.1, -0.05) is 30.3 Å². The molecule has 1 aliphatic rings. The van der Waals surface area contributed by atoms with Gasteiger partial charge in [-0.3, -0.25) is 4.79 Å². The lowest BCUT2D eigenvalue weighted by atomic mass is 9.93. The summed E-state index contributed by atoms with van der Waals surface area (Å²) in [7, 11) is 1.35. The summed E-state index contributed by atoms with van der Waals surface area (Å²) in [5.74, 6) is -0.0614. The Morgan fingerprint density at radius 2 is 2.00 bits per heavy atom. The topological polar surface area (TPSA) is 68.7 Å². The third kappa shape index (κ3) is 4.14. The van der Waals surface area contributed by atoms with E-state index in [1.165, 1.54) is 18.4 Å². The third-order valence-electron chi connectivity index (χ3n) is 4.93. The van der Waals surface area contributed by atoms with Gasteiger partial charge in [0.05, 0.1) is 18.3 Å². The molecule has 6 nitrogen and oxygen atoms in total. The average molecular weight is 408 g/mol. The maximum absolute atomic E-state index is 13.3. The molecule has 1 amide bonds. The lowest BCUT2D eigenvalue weighted by Gasteiger charge is -2.35. The lowest BCUT2D eigenvalue weighted by molar-refractivity contribution is -0.146. The van der Waals surface area contributed by atoms with E-state index >= 15 is 0 Å². The summed E-state index contributed by atoms with van der Waals surface area (Å²) in [6.07, 6.45) is 0.439. The normalized spacial score (nSPS) is 15.5. The number of carbonyl (C=O) groups is 2. The highest BCUT2D eigenvalue weighted by Crippen LogP contribution is 2.26. The number of benzene rings is 2. The molecule has 1 unspecified atom stereocenters. The smallest absolute Gasteiger partial charge is 0.328 e. The zero-order valence-electron chi connectivity index (χ0n) is 15.9. The largest absolute Gasteiger partial charge is 0.487 e. The summed E-state index contributed by atoms with van der Waals surface area (Å²) in [6, 6.07) is 14.2. The van der Waals surface area contributed by atoms with Crippen molar-refractivity contribution in [3.05, 3.63) is 81.8 Å². The van der Waals surface area contributed by atoms with Crippen LogP contribution in [0.25, 0.3) is 0 Å². The lowest BCUT2D eigenvalue weighted by Crippen LogP contribution is -2.49. The zero-order valence-corrected chi connectivity index (χ0v) is 16.7. The van der Waals surface area contributed by atoms with E-state index < -0.39 is 12.0 Å². The van der Waals surface area contributed by atoms with Crippen LogP contribution in [0.4, 0.5) is 0 Å². The van der Waals surface area contributed by atoms with Gasteiger partial charge < -0.3 is 14.4 Å². The molecule has 148 valence electrons. The van der Waals surface area contributed by atoms with Crippen LogP contribution in [0, 0.1) is 0 Å². The summed E-state index contributed by atoms with van der Waals surface area (Å²) in [6.45, 7) is 0.696. The van der Waals surface area contributed by atoms with Gasteiger partial charge in [-0.25, -0.2) is 9.78 Å². The monoisotopic (exact) mass is 408 g/mol. The van der Waals surface area contributed by atoms with Crippen molar-refractivity contribution >= 4 is 23.2 Å². The van der Waals surface area contributed by atoms with Crippen LogP contribution in [0.1, 0.15) is 27.2 Å². The molecule has 4 rings (SSSR count). The van der Waals surface area contributed by atoms with E-state index in [0.29, 0.717) is 30.9 Å². The van der Waals surface area contributed by atoms with E-state index in [4.69, 9.17) is 9.47 Å². The minimum Gasteiger partial charge on any atom is -0.487 e. The first-order valence-electron chi connectivity index (χ1n) is 9.21. The molecule has 1 aliphatic heterocycles. The Bertz CT molecular complexity index is 1020. The van der Waals surface area contributed by atoms with E-state index in [0.717, 1.165) is 16.8 Å². The van der Waals surface area contributed by atoms with Crippen LogP contribution in [0.15, 0.2) is 59.4 Å². The number of nitrogens with zero attached hydrogens (tertiary/aromatic N) is 2. The fourth-order valence-corrected chi connectivity index (χ4v) is 3.98. The summed E-state index contributed by atoms with van der Waals surface area (Å²) < 4.78 is 10.7. The molecule has 1 aromatic heterocycles. The molecule has 0 bridgehead atoms. The third-order valence-corrected chi connectivity index (χ3v) is 5.57. The first-order valence-corrected chi connectivity index (χ1v) is 10.2. The number of hydrogen-bond donors (Lipinski definition) is 0. The summed E-state index contributed by atoms with van der Waals surface area (Å²) in [4.78, 5) is 31.4. The summed E-state index contributed by atoms with van der Waals surface area (Å²) in [5, 5.41) is 1.92. The predicted molar refractivity (Wildman–Crippen MR) is 109 cm³/mol. The molecule has 2 aromatic carbocycles. The zero-order chi connectivity index (χ0) is 20.2. The van der Waals surface area contributed by atoms with E-state index in [1.807, 2.05) is 29.6 Å². The van der Waals surface area contributed by atoms with E-state index in [2.05, 4.69) is 4.98 Å². The van der Waals surface area contributed by atoms with Crippen LogP contribution in [-0.4, -0.2) is 34.9 Å². The first-order chi connectivity index (χ1) is 14.2. The number of ether oxygens (including phenoxy) is 2. The molecule has 2 heterocycles. The SMILES string of the molecule is COC(=O)C1Cc2ccccc2CN1C(=O)c1cccc(OCc2cscn2)c1. The highest BCUT2D eigenvalue weighted by molar-refractivity contribution is 7.07. The van der Waals surface area contributed by atoms with Gasteiger partial charge >= 0.3 is 5.97 Å². The highest BCUT2D eigenvalue weighted by atomic mass is 32.1. The maximum atomic E-state index is 13.3. The Labute approximate surface area is 172 Å². The van der Waals surface area contributed by atoms with Crippen molar-refractivity contribution in [1.29, 1.82) is 0 Å². The molecule has 0 fully saturated rings. The molecule has 1 atom stereocenters. The Morgan fingerprint density at radius 1 is 1.17 bits per heavy atom. The quantitative estimate of drug-likeness (QED) is 0.605. The number of rotatable bonds is 5. The van der Waals surface area contributed by atoms with Gasteiger partial charge in [-0.15, -0.1) is 11.3 Å². The molecule has 0 N–H and O–H groups in total. The number of thiazole rings is 1. The van der Waals surface area contributed by atoms with Gasteiger partial charge in [0.2, 0.25) is 0 Å². The molecule has 0 radical (unpaired) electrons. The molecule has 3 aromatic rings. The predicted octanol–water partition coefficient (Wildman–Crippen LogP) is 3.46. The fourth-order valence-electron chi connectivity index (χ4n) is 3.43. The van der Waals surface area contributed by atoms with E-state index in [9.17, 15) is 9.59 Å². The average Bonchev–Trinajstić information content (AvgIpc) is 3.29. The highest BCUT2D eigenvalue weighted by Gasteiger charge is 2.35.